The van der Waals surface area contributed by atoms with Crippen LogP contribution in [-0.4, -0.2) is 42.3 Å². The molecule has 3 heterocycles. The number of nitrogens with one attached hydrogen (secondary N) is 1. The molecule has 110 valence electrons. The van der Waals surface area contributed by atoms with Gasteiger partial charge in [0.25, 0.3) is 0 Å². The van der Waals surface area contributed by atoms with Crippen molar-refractivity contribution in [3.05, 3.63) is 11.2 Å². The van der Waals surface area contributed by atoms with Gasteiger partial charge < -0.3 is 15.0 Å². The highest BCUT2D eigenvalue weighted by Gasteiger charge is 2.33. The summed E-state index contributed by atoms with van der Waals surface area (Å²) >= 11 is 6.32. The lowest BCUT2D eigenvalue weighted by molar-refractivity contribution is 0.364. The molecule has 1 aromatic rings. The summed E-state index contributed by atoms with van der Waals surface area (Å²) in [6.07, 6.45) is 7.79. The summed E-state index contributed by atoms with van der Waals surface area (Å²) < 4.78 is 5.14. The average molecular weight is 297 g/mol. The molecule has 2 atom stereocenters. The van der Waals surface area contributed by atoms with Gasteiger partial charge in [-0.2, -0.15) is 4.98 Å². The molecule has 0 aliphatic carbocycles. The number of anilines is 1. The molecule has 5 nitrogen and oxygen atoms in total. The first-order valence-electron chi connectivity index (χ1n) is 7.36. The minimum Gasteiger partial charge on any atom is -0.467 e. The molecule has 2 unspecified atom stereocenters. The highest BCUT2D eigenvalue weighted by atomic mass is 35.5. The number of ether oxygens (including phenoxy) is 1. The minimum atomic E-state index is 0.383. The van der Waals surface area contributed by atoms with Crippen LogP contribution >= 0.6 is 11.6 Å². The van der Waals surface area contributed by atoms with Gasteiger partial charge in [0.1, 0.15) is 5.02 Å². The summed E-state index contributed by atoms with van der Waals surface area (Å²) in [6, 6.07) is 1.41. The quantitative estimate of drug-likeness (QED) is 0.927. The van der Waals surface area contributed by atoms with Gasteiger partial charge in [-0.3, -0.25) is 0 Å². The molecular formula is C14H21ClN4O. The third-order valence-electron chi connectivity index (χ3n) is 4.27. The van der Waals surface area contributed by atoms with Crippen molar-refractivity contribution in [2.75, 3.05) is 25.1 Å². The Bertz CT molecular complexity index is 464. The normalized spacial score (nSPS) is 26.8. The Kier molecular flexibility index (Phi) is 4.27. The zero-order valence-corrected chi connectivity index (χ0v) is 12.6. The molecule has 3 rings (SSSR count). The lowest BCUT2D eigenvalue weighted by Crippen LogP contribution is -2.50. The molecule has 0 spiro atoms. The number of hydrogen-bond acceptors (Lipinski definition) is 5. The van der Waals surface area contributed by atoms with Crippen LogP contribution in [-0.2, 0) is 0 Å². The number of methoxy groups -OCH3 is 1. The lowest BCUT2D eigenvalue weighted by atomic mass is 9.94. The predicted octanol–water partition coefficient (Wildman–Crippen LogP) is 2.25. The van der Waals surface area contributed by atoms with Gasteiger partial charge in [-0.05, 0) is 38.6 Å². The molecule has 2 aliphatic rings. The van der Waals surface area contributed by atoms with Crippen molar-refractivity contribution in [2.24, 2.45) is 0 Å². The van der Waals surface area contributed by atoms with Crippen LogP contribution in [0.15, 0.2) is 6.20 Å². The van der Waals surface area contributed by atoms with E-state index in [-0.39, 0.29) is 0 Å². The number of rotatable bonds is 3. The second-order valence-corrected chi connectivity index (χ2v) is 5.89. The van der Waals surface area contributed by atoms with Gasteiger partial charge in [0.15, 0.2) is 5.82 Å². The van der Waals surface area contributed by atoms with E-state index in [1.54, 1.807) is 13.3 Å². The van der Waals surface area contributed by atoms with Crippen molar-refractivity contribution < 1.29 is 4.74 Å². The first kappa shape index (κ1) is 13.9. The molecule has 0 bridgehead atoms. The highest BCUT2D eigenvalue weighted by molar-refractivity contribution is 6.32. The predicted molar refractivity (Wildman–Crippen MR) is 79.6 cm³/mol. The van der Waals surface area contributed by atoms with E-state index in [1.807, 2.05) is 0 Å². The summed E-state index contributed by atoms with van der Waals surface area (Å²) in [5.74, 6) is 0.817. The van der Waals surface area contributed by atoms with Gasteiger partial charge in [-0.15, -0.1) is 0 Å². The van der Waals surface area contributed by atoms with Crippen LogP contribution < -0.4 is 15.0 Å². The SMILES string of the molecule is COc1ncc(Cl)c(N2CCCCC2C2CCCN2)n1. The van der Waals surface area contributed by atoms with E-state index in [2.05, 4.69) is 20.2 Å². The molecular weight excluding hydrogens is 276 g/mol. The number of aromatic nitrogens is 2. The Morgan fingerprint density at radius 3 is 3.00 bits per heavy atom. The number of hydrogen-bond donors (Lipinski definition) is 1. The second-order valence-electron chi connectivity index (χ2n) is 5.49. The Balaban J connectivity index is 1.88. The fraction of sp³-hybridized carbons (Fsp3) is 0.714. The van der Waals surface area contributed by atoms with Crippen LogP contribution in [0.3, 0.4) is 0 Å². The molecule has 0 amide bonds. The molecule has 2 fully saturated rings. The van der Waals surface area contributed by atoms with Gasteiger partial charge in [-0.1, -0.05) is 11.6 Å². The van der Waals surface area contributed by atoms with Gasteiger partial charge >= 0.3 is 6.01 Å². The number of piperidine rings is 1. The topological polar surface area (TPSA) is 50.3 Å². The first-order chi connectivity index (χ1) is 9.79. The zero-order chi connectivity index (χ0) is 13.9. The highest BCUT2D eigenvalue weighted by Crippen LogP contribution is 2.32. The van der Waals surface area contributed by atoms with Gasteiger partial charge in [0.05, 0.1) is 13.3 Å². The van der Waals surface area contributed by atoms with E-state index >= 15 is 0 Å². The maximum Gasteiger partial charge on any atom is 0.318 e. The fourth-order valence-electron chi connectivity index (χ4n) is 3.32. The minimum absolute atomic E-state index is 0.383. The molecule has 0 radical (unpaired) electrons. The van der Waals surface area contributed by atoms with Crippen LogP contribution in [0.25, 0.3) is 0 Å². The Morgan fingerprint density at radius 1 is 1.35 bits per heavy atom. The van der Waals surface area contributed by atoms with Gasteiger partial charge in [-0.25, -0.2) is 4.98 Å². The van der Waals surface area contributed by atoms with Crippen molar-refractivity contribution in [1.29, 1.82) is 0 Å². The fourth-order valence-corrected chi connectivity index (χ4v) is 3.52. The van der Waals surface area contributed by atoms with E-state index in [1.165, 1.54) is 32.1 Å². The van der Waals surface area contributed by atoms with E-state index in [0.717, 1.165) is 18.9 Å². The Hall–Kier alpha value is -1.07. The van der Waals surface area contributed by atoms with Crippen LogP contribution in [0.1, 0.15) is 32.1 Å². The zero-order valence-electron chi connectivity index (χ0n) is 11.8. The molecule has 1 aromatic heterocycles. The number of halogens is 1. The standard InChI is InChI=1S/C14H21ClN4O/c1-20-14-17-9-10(15)13(18-14)19-8-3-2-6-12(19)11-5-4-7-16-11/h9,11-12,16H,2-8H2,1H3. The largest absolute Gasteiger partial charge is 0.467 e. The van der Waals surface area contributed by atoms with Crippen molar-refractivity contribution in [2.45, 2.75) is 44.2 Å². The summed E-state index contributed by atoms with van der Waals surface area (Å²) in [6.45, 7) is 2.12. The Morgan fingerprint density at radius 2 is 2.25 bits per heavy atom. The summed E-state index contributed by atoms with van der Waals surface area (Å²) in [5, 5.41) is 4.22. The summed E-state index contributed by atoms with van der Waals surface area (Å²) in [5.41, 5.74) is 0. The summed E-state index contributed by atoms with van der Waals surface area (Å²) in [4.78, 5) is 10.9. The second kappa shape index (κ2) is 6.14. The van der Waals surface area contributed by atoms with E-state index in [0.29, 0.717) is 23.1 Å². The third kappa shape index (κ3) is 2.69. The lowest BCUT2D eigenvalue weighted by Gasteiger charge is -2.40. The van der Waals surface area contributed by atoms with Crippen LogP contribution in [0.5, 0.6) is 6.01 Å². The monoisotopic (exact) mass is 296 g/mol. The third-order valence-corrected chi connectivity index (χ3v) is 4.54. The molecule has 0 saturated carbocycles. The van der Waals surface area contributed by atoms with E-state index in [4.69, 9.17) is 16.3 Å². The molecule has 6 heteroatoms. The van der Waals surface area contributed by atoms with Crippen LogP contribution in [0, 0.1) is 0 Å². The van der Waals surface area contributed by atoms with Crippen molar-refractivity contribution in [3.63, 3.8) is 0 Å². The van der Waals surface area contributed by atoms with Gasteiger partial charge in [0.2, 0.25) is 0 Å². The molecule has 2 saturated heterocycles. The van der Waals surface area contributed by atoms with Crippen molar-refractivity contribution in [1.82, 2.24) is 15.3 Å². The van der Waals surface area contributed by atoms with Gasteiger partial charge in [0, 0.05) is 18.6 Å². The van der Waals surface area contributed by atoms with Crippen molar-refractivity contribution in [3.8, 4) is 6.01 Å². The van der Waals surface area contributed by atoms with Crippen LogP contribution in [0.2, 0.25) is 5.02 Å². The first-order valence-corrected chi connectivity index (χ1v) is 7.74. The van der Waals surface area contributed by atoms with Crippen molar-refractivity contribution >= 4 is 17.4 Å². The maximum absolute atomic E-state index is 6.32. The maximum atomic E-state index is 6.32. The average Bonchev–Trinajstić information content (AvgIpc) is 3.02. The smallest absolute Gasteiger partial charge is 0.318 e. The number of nitrogens with zero attached hydrogens (tertiary/aromatic N) is 3. The molecule has 2 aliphatic heterocycles. The molecule has 1 N–H and O–H groups in total. The molecule has 0 aromatic carbocycles. The summed E-state index contributed by atoms with van der Waals surface area (Å²) in [7, 11) is 1.58. The Labute approximate surface area is 124 Å². The van der Waals surface area contributed by atoms with E-state index < -0.39 is 0 Å². The van der Waals surface area contributed by atoms with Crippen LogP contribution in [0.4, 0.5) is 5.82 Å². The van der Waals surface area contributed by atoms with E-state index in [9.17, 15) is 0 Å². The molecule has 20 heavy (non-hydrogen) atoms.